The van der Waals surface area contributed by atoms with E-state index in [0.717, 1.165) is 12.2 Å². The molecule has 1 aromatic heterocycles. The Bertz CT molecular complexity index is 607. The van der Waals surface area contributed by atoms with Crippen molar-refractivity contribution in [2.45, 2.75) is 19.4 Å². The molecular formula is C17H22ClN3S. The molecule has 3 nitrogen and oxygen atoms in total. The van der Waals surface area contributed by atoms with Gasteiger partial charge in [0.2, 0.25) is 0 Å². The van der Waals surface area contributed by atoms with Gasteiger partial charge in [-0.05, 0) is 31.3 Å². The molecule has 0 amide bonds. The summed E-state index contributed by atoms with van der Waals surface area (Å²) in [6.07, 6.45) is 2.69. The number of nitrogens with zero attached hydrogens (tertiary/aromatic N) is 2. The van der Waals surface area contributed by atoms with Crippen LogP contribution in [0.15, 0.2) is 35.7 Å². The van der Waals surface area contributed by atoms with Crippen LogP contribution < -0.4 is 5.32 Å². The topological polar surface area (TPSA) is 28.2 Å². The third kappa shape index (κ3) is 3.20. The largest absolute Gasteiger partial charge is 0.316 e. The van der Waals surface area contributed by atoms with E-state index in [2.05, 4.69) is 45.9 Å². The van der Waals surface area contributed by atoms with Crippen LogP contribution in [0, 0.1) is 5.41 Å². The molecule has 2 aliphatic rings. The molecule has 0 aliphatic carbocycles. The zero-order valence-electron chi connectivity index (χ0n) is 12.6. The molecule has 2 saturated heterocycles. The van der Waals surface area contributed by atoms with Crippen LogP contribution in [-0.4, -0.2) is 36.1 Å². The van der Waals surface area contributed by atoms with E-state index in [4.69, 9.17) is 4.98 Å². The molecule has 0 radical (unpaired) electrons. The Morgan fingerprint density at radius 2 is 2.09 bits per heavy atom. The molecule has 1 spiro atoms. The first kappa shape index (κ1) is 15.9. The summed E-state index contributed by atoms with van der Waals surface area (Å²) in [6.45, 7) is 5.88. The van der Waals surface area contributed by atoms with Crippen molar-refractivity contribution < 1.29 is 0 Å². The lowest BCUT2D eigenvalue weighted by Gasteiger charge is -2.22. The standard InChI is InChI=1S/C17H21N3S.ClH/c1-2-4-14(5-3-1)15-11-21-16(19-15)10-20-9-7-17(13-20)6-8-18-12-17;/h1-5,11,18H,6-10,12-13H2;1H. The van der Waals surface area contributed by atoms with E-state index in [1.165, 1.54) is 49.6 Å². The van der Waals surface area contributed by atoms with Crippen LogP contribution in [0.3, 0.4) is 0 Å². The summed E-state index contributed by atoms with van der Waals surface area (Å²) in [5.41, 5.74) is 2.89. The van der Waals surface area contributed by atoms with Crippen LogP contribution in [0.5, 0.6) is 0 Å². The van der Waals surface area contributed by atoms with E-state index in [1.54, 1.807) is 11.3 Å². The van der Waals surface area contributed by atoms with Gasteiger partial charge in [0.15, 0.2) is 0 Å². The van der Waals surface area contributed by atoms with Gasteiger partial charge in [0.25, 0.3) is 0 Å². The molecule has 2 fully saturated rings. The van der Waals surface area contributed by atoms with Crippen LogP contribution in [0.1, 0.15) is 17.8 Å². The van der Waals surface area contributed by atoms with Gasteiger partial charge < -0.3 is 5.32 Å². The summed E-state index contributed by atoms with van der Waals surface area (Å²) >= 11 is 1.79. The molecular weight excluding hydrogens is 314 g/mol. The van der Waals surface area contributed by atoms with Crippen molar-refractivity contribution in [2.75, 3.05) is 26.2 Å². The number of thiazole rings is 1. The number of nitrogens with one attached hydrogen (secondary N) is 1. The van der Waals surface area contributed by atoms with Crippen molar-refractivity contribution in [3.8, 4) is 11.3 Å². The number of benzene rings is 1. The van der Waals surface area contributed by atoms with Gasteiger partial charge in [-0.2, -0.15) is 0 Å². The number of rotatable bonds is 3. The van der Waals surface area contributed by atoms with Gasteiger partial charge in [-0.3, -0.25) is 4.90 Å². The van der Waals surface area contributed by atoms with Crippen molar-refractivity contribution >= 4 is 23.7 Å². The average Bonchev–Trinajstić information content (AvgIpc) is 3.24. The third-order valence-electron chi connectivity index (χ3n) is 4.83. The van der Waals surface area contributed by atoms with Crippen molar-refractivity contribution in [2.24, 2.45) is 5.41 Å². The molecule has 1 N–H and O–H groups in total. The van der Waals surface area contributed by atoms with Crippen molar-refractivity contribution in [3.63, 3.8) is 0 Å². The highest BCUT2D eigenvalue weighted by atomic mass is 35.5. The minimum absolute atomic E-state index is 0. The lowest BCUT2D eigenvalue weighted by molar-refractivity contribution is 0.268. The summed E-state index contributed by atoms with van der Waals surface area (Å²) in [5, 5.41) is 6.96. The van der Waals surface area contributed by atoms with E-state index in [-0.39, 0.29) is 12.4 Å². The molecule has 118 valence electrons. The maximum Gasteiger partial charge on any atom is 0.107 e. The van der Waals surface area contributed by atoms with E-state index >= 15 is 0 Å². The molecule has 0 saturated carbocycles. The van der Waals surface area contributed by atoms with E-state index in [9.17, 15) is 0 Å². The highest BCUT2D eigenvalue weighted by molar-refractivity contribution is 7.09. The Balaban J connectivity index is 0.00000144. The SMILES string of the molecule is Cl.c1ccc(-c2csc(CN3CCC4(CCNC4)C3)n2)cc1. The molecule has 1 unspecified atom stereocenters. The lowest BCUT2D eigenvalue weighted by atomic mass is 9.87. The summed E-state index contributed by atoms with van der Waals surface area (Å²) in [6, 6.07) is 10.5. The Labute approximate surface area is 142 Å². The first-order valence-electron chi connectivity index (χ1n) is 7.76. The van der Waals surface area contributed by atoms with Gasteiger partial charge in [0.1, 0.15) is 5.01 Å². The van der Waals surface area contributed by atoms with E-state index in [1.807, 2.05) is 0 Å². The Hall–Kier alpha value is -0.940. The van der Waals surface area contributed by atoms with Gasteiger partial charge in [-0.15, -0.1) is 23.7 Å². The minimum Gasteiger partial charge on any atom is -0.316 e. The number of likely N-dealkylation sites (tertiary alicyclic amines) is 1. The normalized spacial score (nSPS) is 24.7. The number of aromatic nitrogens is 1. The second-order valence-electron chi connectivity index (χ2n) is 6.38. The van der Waals surface area contributed by atoms with Crippen molar-refractivity contribution in [1.82, 2.24) is 15.2 Å². The Kier molecular flexibility index (Phi) is 4.83. The second kappa shape index (κ2) is 6.67. The van der Waals surface area contributed by atoms with Crippen molar-refractivity contribution in [3.05, 3.63) is 40.7 Å². The van der Waals surface area contributed by atoms with Crippen LogP contribution in [0.2, 0.25) is 0 Å². The molecule has 5 heteroatoms. The van der Waals surface area contributed by atoms with Crippen LogP contribution in [-0.2, 0) is 6.54 Å². The maximum absolute atomic E-state index is 4.82. The smallest absolute Gasteiger partial charge is 0.107 e. The van der Waals surface area contributed by atoms with Gasteiger partial charge in [-0.1, -0.05) is 30.3 Å². The predicted molar refractivity (Wildman–Crippen MR) is 94.6 cm³/mol. The van der Waals surface area contributed by atoms with Crippen LogP contribution in [0.4, 0.5) is 0 Å². The Morgan fingerprint density at radius 3 is 2.86 bits per heavy atom. The fourth-order valence-electron chi connectivity index (χ4n) is 3.62. The minimum atomic E-state index is 0. The highest BCUT2D eigenvalue weighted by Crippen LogP contribution is 2.36. The lowest BCUT2D eigenvalue weighted by Crippen LogP contribution is -2.28. The van der Waals surface area contributed by atoms with E-state index in [0.29, 0.717) is 5.41 Å². The quantitative estimate of drug-likeness (QED) is 0.931. The second-order valence-corrected chi connectivity index (χ2v) is 7.32. The van der Waals surface area contributed by atoms with E-state index < -0.39 is 0 Å². The molecule has 2 aromatic rings. The molecule has 4 rings (SSSR count). The average molecular weight is 336 g/mol. The zero-order valence-corrected chi connectivity index (χ0v) is 14.3. The fourth-order valence-corrected chi connectivity index (χ4v) is 4.47. The fraction of sp³-hybridized carbons (Fsp3) is 0.471. The third-order valence-corrected chi connectivity index (χ3v) is 5.66. The van der Waals surface area contributed by atoms with Gasteiger partial charge in [0, 0.05) is 24.0 Å². The first-order valence-corrected chi connectivity index (χ1v) is 8.64. The zero-order chi connectivity index (χ0) is 14.1. The monoisotopic (exact) mass is 335 g/mol. The summed E-state index contributed by atoms with van der Waals surface area (Å²) < 4.78 is 0. The maximum atomic E-state index is 4.82. The van der Waals surface area contributed by atoms with Gasteiger partial charge in [0.05, 0.1) is 12.2 Å². The van der Waals surface area contributed by atoms with Crippen LogP contribution in [0.25, 0.3) is 11.3 Å². The number of halogens is 1. The van der Waals surface area contributed by atoms with Gasteiger partial charge in [-0.25, -0.2) is 4.98 Å². The molecule has 3 heterocycles. The highest BCUT2D eigenvalue weighted by Gasteiger charge is 2.40. The summed E-state index contributed by atoms with van der Waals surface area (Å²) in [4.78, 5) is 7.40. The molecule has 1 aromatic carbocycles. The number of hydrogen-bond donors (Lipinski definition) is 1. The van der Waals surface area contributed by atoms with Crippen molar-refractivity contribution in [1.29, 1.82) is 0 Å². The molecule has 22 heavy (non-hydrogen) atoms. The number of hydrogen-bond acceptors (Lipinski definition) is 4. The van der Waals surface area contributed by atoms with Crippen LogP contribution >= 0.6 is 23.7 Å². The molecule has 2 aliphatic heterocycles. The molecule has 0 bridgehead atoms. The predicted octanol–water partition coefficient (Wildman–Crippen LogP) is 3.42. The summed E-state index contributed by atoms with van der Waals surface area (Å²) in [7, 11) is 0. The molecule has 1 atom stereocenters. The first-order chi connectivity index (χ1) is 10.3. The van der Waals surface area contributed by atoms with Gasteiger partial charge >= 0.3 is 0 Å². The Morgan fingerprint density at radius 1 is 1.23 bits per heavy atom. The summed E-state index contributed by atoms with van der Waals surface area (Å²) in [5.74, 6) is 0.